The number of aromatic nitrogens is 3. The third-order valence-electron chi connectivity index (χ3n) is 2.45. The number of nitrogens with zero attached hydrogens (tertiary/aromatic N) is 3. The summed E-state index contributed by atoms with van der Waals surface area (Å²) in [6.07, 6.45) is 4.49. The second kappa shape index (κ2) is 5.20. The van der Waals surface area contributed by atoms with Crippen LogP contribution in [0.15, 0.2) is 30.6 Å². The quantitative estimate of drug-likeness (QED) is 0.527. The number of nitrogen functional groups attached to an aromatic ring is 2. The molecule has 6 nitrogen and oxygen atoms in total. The van der Waals surface area contributed by atoms with E-state index in [0.29, 0.717) is 11.4 Å². The predicted molar refractivity (Wildman–Crippen MR) is 68.4 cm³/mol. The fourth-order valence-electron chi connectivity index (χ4n) is 1.51. The van der Waals surface area contributed by atoms with Crippen LogP contribution in [0.5, 0.6) is 0 Å². The largest absolute Gasteiger partial charge is 0.397 e. The molecule has 1 aromatic heterocycles. The van der Waals surface area contributed by atoms with Gasteiger partial charge in [-0.15, -0.1) is 5.10 Å². The van der Waals surface area contributed by atoms with Crippen molar-refractivity contribution in [3.05, 3.63) is 30.6 Å². The number of nitrogens with one attached hydrogen (secondary N) is 1. The van der Waals surface area contributed by atoms with Crippen molar-refractivity contribution in [1.82, 2.24) is 15.0 Å². The number of anilines is 3. The van der Waals surface area contributed by atoms with E-state index in [2.05, 4.69) is 15.6 Å². The highest BCUT2D eigenvalue weighted by Gasteiger charge is 1.97. The van der Waals surface area contributed by atoms with E-state index < -0.39 is 0 Å². The molecule has 0 saturated heterocycles. The smallest absolute Gasteiger partial charge is 0.0692 e. The van der Waals surface area contributed by atoms with Crippen LogP contribution in [0.2, 0.25) is 0 Å². The highest BCUT2D eigenvalue weighted by molar-refractivity contribution is 5.69. The van der Waals surface area contributed by atoms with Crippen LogP contribution in [0.25, 0.3) is 0 Å². The summed E-state index contributed by atoms with van der Waals surface area (Å²) in [7, 11) is 0. The predicted octanol–water partition coefficient (Wildman–Crippen LogP) is 0.945. The van der Waals surface area contributed by atoms with E-state index >= 15 is 0 Å². The highest BCUT2D eigenvalue weighted by Crippen LogP contribution is 2.19. The first-order chi connectivity index (χ1) is 8.25. The van der Waals surface area contributed by atoms with Gasteiger partial charge < -0.3 is 16.8 Å². The van der Waals surface area contributed by atoms with Gasteiger partial charge in [-0.1, -0.05) is 5.21 Å². The molecule has 0 aliphatic heterocycles. The summed E-state index contributed by atoms with van der Waals surface area (Å²) in [5.41, 5.74) is 13.5. The van der Waals surface area contributed by atoms with E-state index in [1.807, 2.05) is 18.3 Å². The monoisotopic (exact) mass is 232 g/mol. The molecule has 0 spiro atoms. The lowest BCUT2D eigenvalue weighted by atomic mass is 10.2. The molecule has 2 rings (SSSR count). The fraction of sp³-hybridized carbons (Fsp3) is 0.273. The van der Waals surface area contributed by atoms with Gasteiger partial charge in [-0.25, -0.2) is 0 Å². The van der Waals surface area contributed by atoms with Crippen molar-refractivity contribution in [3.63, 3.8) is 0 Å². The SMILES string of the molecule is Nc1ccc(NCCCn2ccnn2)cc1N. The van der Waals surface area contributed by atoms with E-state index in [1.54, 1.807) is 16.9 Å². The standard InChI is InChI=1S/C11H16N6/c12-10-3-2-9(8-11(10)13)14-4-1-6-17-7-5-15-16-17/h2-3,5,7-8,14H,1,4,6,12-13H2. The Bertz CT molecular complexity index is 465. The van der Waals surface area contributed by atoms with Gasteiger partial charge in [-0.2, -0.15) is 0 Å². The average molecular weight is 232 g/mol. The van der Waals surface area contributed by atoms with Crippen LogP contribution in [0.1, 0.15) is 6.42 Å². The molecular formula is C11H16N6. The van der Waals surface area contributed by atoms with E-state index in [-0.39, 0.29) is 0 Å². The topological polar surface area (TPSA) is 94.8 Å². The molecule has 2 aromatic rings. The first-order valence-corrected chi connectivity index (χ1v) is 5.48. The van der Waals surface area contributed by atoms with Crippen LogP contribution >= 0.6 is 0 Å². The van der Waals surface area contributed by atoms with Crippen LogP contribution in [0.4, 0.5) is 17.1 Å². The molecule has 0 amide bonds. The summed E-state index contributed by atoms with van der Waals surface area (Å²) in [4.78, 5) is 0. The summed E-state index contributed by atoms with van der Waals surface area (Å²) in [5, 5.41) is 10.9. The van der Waals surface area contributed by atoms with Crippen LogP contribution in [-0.4, -0.2) is 21.5 Å². The number of nitrogens with two attached hydrogens (primary N) is 2. The van der Waals surface area contributed by atoms with Crippen molar-refractivity contribution in [2.45, 2.75) is 13.0 Å². The number of hydrogen-bond acceptors (Lipinski definition) is 5. The van der Waals surface area contributed by atoms with Crippen molar-refractivity contribution in [1.29, 1.82) is 0 Å². The Kier molecular flexibility index (Phi) is 3.44. The van der Waals surface area contributed by atoms with Gasteiger partial charge >= 0.3 is 0 Å². The Hall–Kier alpha value is -2.24. The minimum absolute atomic E-state index is 0.603. The first-order valence-electron chi connectivity index (χ1n) is 5.48. The van der Waals surface area contributed by atoms with E-state index in [4.69, 9.17) is 11.5 Å². The maximum atomic E-state index is 5.71. The molecule has 0 unspecified atom stereocenters. The Balaban J connectivity index is 1.76. The molecule has 17 heavy (non-hydrogen) atoms. The zero-order chi connectivity index (χ0) is 12.1. The molecule has 0 radical (unpaired) electrons. The summed E-state index contributed by atoms with van der Waals surface area (Å²) < 4.78 is 1.80. The third-order valence-corrected chi connectivity index (χ3v) is 2.45. The number of aryl methyl sites for hydroxylation is 1. The van der Waals surface area contributed by atoms with E-state index in [9.17, 15) is 0 Å². The maximum Gasteiger partial charge on any atom is 0.0692 e. The lowest BCUT2D eigenvalue weighted by Gasteiger charge is -2.08. The summed E-state index contributed by atoms with van der Waals surface area (Å²) in [5.74, 6) is 0. The number of rotatable bonds is 5. The average Bonchev–Trinajstić information content (AvgIpc) is 2.82. The molecule has 1 heterocycles. The molecule has 0 aliphatic carbocycles. The summed E-state index contributed by atoms with van der Waals surface area (Å²) in [6.45, 7) is 1.70. The molecule has 1 aromatic carbocycles. The Morgan fingerprint density at radius 1 is 1.24 bits per heavy atom. The van der Waals surface area contributed by atoms with Crippen LogP contribution in [0, 0.1) is 0 Å². The van der Waals surface area contributed by atoms with Gasteiger partial charge in [0.15, 0.2) is 0 Å². The zero-order valence-electron chi connectivity index (χ0n) is 9.50. The maximum absolute atomic E-state index is 5.71. The Morgan fingerprint density at radius 2 is 2.12 bits per heavy atom. The molecule has 5 N–H and O–H groups in total. The van der Waals surface area contributed by atoms with E-state index in [0.717, 1.165) is 25.2 Å². The van der Waals surface area contributed by atoms with Gasteiger partial charge in [-0.3, -0.25) is 4.68 Å². The van der Waals surface area contributed by atoms with E-state index in [1.165, 1.54) is 0 Å². The van der Waals surface area contributed by atoms with Gasteiger partial charge in [0.1, 0.15) is 0 Å². The van der Waals surface area contributed by atoms with Crippen molar-refractivity contribution in [2.24, 2.45) is 0 Å². The lowest BCUT2D eigenvalue weighted by Crippen LogP contribution is -2.07. The Labute approximate surface area is 99.6 Å². The van der Waals surface area contributed by atoms with Crippen LogP contribution in [0.3, 0.4) is 0 Å². The molecule has 6 heteroatoms. The van der Waals surface area contributed by atoms with Crippen molar-refractivity contribution in [3.8, 4) is 0 Å². The molecule has 0 bridgehead atoms. The number of hydrogen-bond donors (Lipinski definition) is 3. The molecule has 0 atom stereocenters. The lowest BCUT2D eigenvalue weighted by molar-refractivity contribution is 0.570. The minimum Gasteiger partial charge on any atom is -0.397 e. The second-order valence-electron chi connectivity index (χ2n) is 3.79. The molecule has 0 aliphatic rings. The van der Waals surface area contributed by atoms with Crippen molar-refractivity contribution < 1.29 is 0 Å². The van der Waals surface area contributed by atoms with Crippen molar-refractivity contribution in [2.75, 3.05) is 23.3 Å². The number of benzene rings is 1. The van der Waals surface area contributed by atoms with Gasteiger partial charge in [-0.05, 0) is 24.6 Å². The highest BCUT2D eigenvalue weighted by atomic mass is 15.4. The summed E-state index contributed by atoms with van der Waals surface area (Å²) in [6, 6.07) is 5.56. The molecule has 0 fully saturated rings. The second-order valence-corrected chi connectivity index (χ2v) is 3.79. The van der Waals surface area contributed by atoms with Crippen molar-refractivity contribution >= 4 is 17.1 Å². The minimum atomic E-state index is 0.603. The normalized spacial score (nSPS) is 10.4. The van der Waals surface area contributed by atoms with Gasteiger partial charge in [0.05, 0.1) is 17.6 Å². The van der Waals surface area contributed by atoms with Crippen LogP contribution < -0.4 is 16.8 Å². The molecule has 0 saturated carbocycles. The summed E-state index contributed by atoms with van der Waals surface area (Å²) >= 11 is 0. The van der Waals surface area contributed by atoms with Gasteiger partial charge in [0, 0.05) is 25.0 Å². The van der Waals surface area contributed by atoms with Gasteiger partial charge in [0.25, 0.3) is 0 Å². The molecule has 90 valence electrons. The molecular weight excluding hydrogens is 216 g/mol. The van der Waals surface area contributed by atoms with Crippen LogP contribution in [-0.2, 0) is 6.54 Å². The van der Waals surface area contributed by atoms with Gasteiger partial charge in [0.2, 0.25) is 0 Å². The zero-order valence-corrected chi connectivity index (χ0v) is 9.50. The Morgan fingerprint density at radius 3 is 2.82 bits per heavy atom. The first kappa shape index (κ1) is 11.3. The third kappa shape index (κ3) is 3.10. The fourth-order valence-corrected chi connectivity index (χ4v) is 1.51.